The molecular weight excluding hydrogens is 270 g/mol. The summed E-state index contributed by atoms with van der Waals surface area (Å²) in [7, 11) is 0. The molecule has 21 heavy (non-hydrogen) atoms. The summed E-state index contributed by atoms with van der Waals surface area (Å²) in [5.74, 6) is -1.18. The number of carboxylic acids is 1. The number of morpholine rings is 1. The molecule has 1 saturated heterocycles. The van der Waals surface area contributed by atoms with Crippen LogP contribution in [0.15, 0.2) is 0 Å². The number of aliphatic carboxylic acids is 1. The minimum Gasteiger partial charge on any atom is -0.481 e. The third kappa shape index (κ3) is 2.68. The van der Waals surface area contributed by atoms with Crippen molar-refractivity contribution in [2.45, 2.75) is 57.6 Å². The Balaban J connectivity index is 1.75. The zero-order valence-electron chi connectivity index (χ0n) is 12.7. The van der Waals surface area contributed by atoms with Crippen molar-refractivity contribution in [3.8, 4) is 0 Å². The van der Waals surface area contributed by atoms with Gasteiger partial charge in [-0.15, -0.1) is 0 Å². The third-order valence-electron chi connectivity index (χ3n) is 5.64. The first-order valence-electron chi connectivity index (χ1n) is 8.26. The summed E-state index contributed by atoms with van der Waals surface area (Å²) < 4.78 is 5.75. The van der Waals surface area contributed by atoms with Crippen molar-refractivity contribution in [1.29, 1.82) is 0 Å². The van der Waals surface area contributed by atoms with Gasteiger partial charge >= 0.3 is 5.97 Å². The summed E-state index contributed by atoms with van der Waals surface area (Å²) in [5.41, 5.74) is 0. The molecule has 3 unspecified atom stereocenters. The van der Waals surface area contributed by atoms with Gasteiger partial charge < -0.3 is 14.7 Å². The first-order chi connectivity index (χ1) is 10.1. The molecule has 5 nitrogen and oxygen atoms in total. The minimum absolute atomic E-state index is 0.0681. The topological polar surface area (TPSA) is 66.8 Å². The predicted octanol–water partition coefficient (Wildman–Crippen LogP) is 1.90. The highest BCUT2D eigenvalue weighted by molar-refractivity contribution is 5.85. The van der Waals surface area contributed by atoms with Gasteiger partial charge in [0.05, 0.1) is 30.6 Å². The number of fused-ring (bicyclic) bond motifs is 1. The van der Waals surface area contributed by atoms with Crippen molar-refractivity contribution < 1.29 is 19.4 Å². The Bertz CT molecular complexity index is 425. The van der Waals surface area contributed by atoms with Gasteiger partial charge in [-0.05, 0) is 38.0 Å². The number of rotatable bonds is 3. The number of hydrogen-bond acceptors (Lipinski definition) is 3. The van der Waals surface area contributed by atoms with Crippen LogP contribution in [-0.2, 0) is 14.3 Å². The number of carboxylic acid groups (broad SMARTS) is 1. The van der Waals surface area contributed by atoms with Gasteiger partial charge in [0.25, 0.3) is 0 Å². The maximum atomic E-state index is 12.9. The Morgan fingerprint density at radius 3 is 2.71 bits per heavy atom. The second-order valence-corrected chi connectivity index (χ2v) is 6.74. The van der Waals surface area contributed by atoms with Crippen molar-refractivity contribution in [2.75, 3.05) is 13.2 Å². The number of hydrogen-bond donors (Lipinski definition) is 1. The third-order valence-corrected chi connectivity index (χ3v) is 5.64. The lowest BCUT2D eigenvalue weighted by atomic mass is 9.93. The van der Waals surface area contributed by atoms with Gasteiger partial charge in [0.1, 0.15) is 0 Å². The van der Waals surface area contributed by atoms with Crippen molar-refractivity contribution in [1.82, 2.24) is 4.90 Å². The summed E-state index contributed by atoms with van der Waals surface area (Å²) in [6, 6.07) is 0.182. The maximum absolute atomic E-state index is 12.9. The summed E-state index contributed by atoms with van der Waals surface area (Å²) in [6.45, 7) is 3.30. The van der Waals surface area contributed by atoms with Gasteiger partial charge in [0.2, 0.25) is 5.91 Å². The van der Waals surface area contributed by atoms with E-state index in [1.807, 2.05) is 4.90 Å². The first kappa shape index (κ1) is 14.8. The second kappa shape index (κ2) is 5.95. The highest BCUT2D eigenvalue weighted by Crippen LogP contribution is 2.41. The molecule has 0 radical (unpaired) electrons. The summed E-state index contributed by atoms with van der Waals surface area (Å²) in [4.78, 5) is 26.4. The Labute approximate surface area is 125 Å². The molecule has 2 aliphatic carbocycles. The first-order valence-corrected chi connectivity index (χ1v) is 8.26. The van der Waals surface area contributed by atoms with Gasteiger partial charge in [-0.2, -0.15) is 0 Å². The van der Waals surface area contributed by atoms with Gasteiger partial charge in [-0.25, -0.2) is 0 Å². The molecule has 0 spiro atoms. The monoisotopic (exact) mass is 295 g/mol. The molecule has 3 aliphatic rings. The molecule has 1 N–H and O–H groups in total. The van der Waals surface area contributed by atoms with E-state index in [2.05, 4.69) is 6.92 Å². The summed E-state index contributed by atoms with van der Waals surface area (Å²) in [6.07, 6.45) is 5.65. The van der Waals surface area contributed by atoms with Crippen LogP contribution in [0.1, 0.15) is 45.4 Å². The van der Waals surface area contributed by atoms with Gasteiger partial charge in [0.15, 0.2) is 0 Å². The van der Waals surface area contributed by atoms with Crippen molar-refractivity contribution in [2.24, 2.45) is 17.8 Å². The van der Waals surface area contributed by atoms with E-state index in [1.54, 1.807) is 0 Å². The largest absolute Gasteiger partial charge is 0.481 e. The van der Waals surface area contributed by atoms with Crippen LogP contribution in [-0.4, -0.2) is 47.2 Å². The fourth-order valence-corrected chi connectivity index (χ4v) is 4.43. The normalized spacial score (nSPS) is 39.3. The van der Waals surface area contributed by atoms with Crippen molar-refractivity contribution in [3.63, 3.8) is 0 Å². The predicted molar refractivity (Wildman–Crippen MR) is 76.7 cm³/mol. The summed E-state index contributed by atoms with van der Waals surface area (Å²) >= 11 is 0. The van der Waals surface area contributed by atoms with Crippen LogP contribution in [0.3, 0.4) is 0 Å². The highest BCUT2D eigenvalue weighted by atomic mass is 16.5. The quantitative estimate of drug-likeness (QED) is 0.863. The van der Waals surface area contributed by atoms with E-state index < -0.39 is 11.9 Å². The smallest absolute Gasteiger partial charge is 0.307 e. The maximum Gasteiger partial charge on any atom is 0.307 e. The number of carbonyl (C=O) groups is 2. The molecule has 3 fully saturated rings. The van der Waals surface area contributed by atoms with E-state index in [0.717, 1.165) is 32.1 Å². The van der Waals surface area contributed by atoms with Gasteiger partial charge in [-0.3, -0.25) is 9.59 Å². The number of carbonyl (C=O) groups excluding carboxylic acids is 1. The van der Waals surface area contributed by atoms with Crippen LogP contribution in [0, 0.1) is 17.8 Å². The van der Waals surface area contributed by atoms with E-state index in [4.69, 9.17) is 4.74 Å². The Morgan fingerprint density at radius 1 is 1.24 bits per heavy atom. The lowest BCUT2D eigenvalue weighted by Gasteiger charge is -2.39. The van der Waals surface area contributed by atoms with Gasteiger partial charge in [-0.1, -0.05) is 13.3 Å². The van der Waals surface area contributed by atoms with Crippen LogP contribution in [0.4, 0.5) is 0 Å². The fourth-order valence-electron chi connectivity index (χ4n) is 4.43. The lowest BCUT2D eigenvalue weighted by molar-refractivity contribution is -0.155. The molecule has 0 aromatic heterocycles. The molecule has 3 rings (SSSR count). The molecular formula is C16H25NO4. The van der Waals surface area contributed by atoms with E-state index in [1.165, 1.54) is 0 Å². The SMILES string of the molecule is CCC1C[C@H](C(=O)N2CCOC3CCCC32)[C@H](C(=O)O)C1. The van der Waals surface area contributed by atoms with E-state index in [-0.39, 0.29) is 24.0 Å². The summed E-state index contributed by atoms with van der Waals surface area (Å²) in [5, 5.41) is 9.44. The standard InChI is InChI=1S/C16H25NO4/c1-2-10-8-11(12(9-10)16(19)20)15(18)17-6-7-21-14-5-3-4-13(14)17/h10-14H,2-9H2,1H3,(H,19,20)/t10?,11-,12+,13?,14?/m0/s1. The van der Waals surface area contributed by atoms with Gasteiger partial charge in [0, 0.05) is 6.54 Å². The average Bonchev–Trinajstić information content (AvgIpc) is 3.12. The molecule has 5 atom stereocenters. The highest BCUT2D eigenvalue weighted by Gasteiger charge is 2.47. The average molecular weight is 295 g/mol. The molecule has 1 aliphatic heterocycles. The van der Waals surface area contributed by atoms with Crippen LogP contribution in [0.25, 0.3) is 0 Å². The Hall–Kier alpha value is -1.10. The van der Waals surface area contributed by atoms with Crippen molar-refractivity contribution >= 4 is 11.9 Å². The molecule has 0 bridgehead atoms. The fraction of sp³-hybridized carbons (Fsp3) is 0.875. The van der Waals surface area contributed by atoms with Crippen LogP contribution in [0.2, 0.25) is 0 Å². The van der Waals surface area contributed by atoms with E-state index >= 15 is 0 Å². The number of nitrogens with zero attached hydrogens (tertiary/aromatic N) is 1. The molecule has 0 aromatic rings. The van der Waals surface area contributed by atoms with E-state index in [9.17, 15) is 14.7 Å². The van der Waals surface area contributed by atoms with E-state index in [0.29, 0.717) is 25.5 Å². The minimum atomic E-state index is -0.805. The molecule has 5 heteroatoms. The second-order valence-electron chi connectivity index (χ2n) is 6.74. The molecule has 2 saturated carbocycles. The number of amides is 1. The molecule has 0 aromatic carbocycles. The molecule has 1 amide bonds. The molecule has 1 heterocycles. The lowest BCUT2D eigenvalue weighted by Crippen LogP contribution is -2.53. The Kier molecular flexibility index (Phi) is 4.20. The zero-order valence-corrected chi connectivity index (χ0v) is 12.7. The van der Waals surface area contributed by atoms with Crippen molar-refractivity contribution in [3.05, 3.63) is 0 Å². The van der Waals surface area contributed by atoms with Crippen LogP contribution >= 0.6 is 0 Å². The Morgan fingerprint density at radius 2 is 2.00 bits per heavy atom. The van der Waals surface area contributed by atoms with Crippen LogP contribution < -0.4 is 0 Å². The molecule has 118 valence electrons. The zero-order chi connectivity index (χ0) is 15.0. The number of ether oxygens (including phenoxy) is 1. The van der Waals surface area contributed by atoms with Crippen LogP contribution in [0.5, 0.6) is 0 Å².